The summed E-state index contributed by atoms with van der Waals surface area (Å²) in [6, 6.07) is -0.757. The summed E-state index contributed by atoms with van der Waals surface area (Å²) in [7, 11) is 0. The lowest BCUT2D eigenvalue weighted by molar-refractivity contribution is -0.173. The van der Waals surface area contributed by atoms with Crippen molar-refractivity contribution in [2.24, 2.45) is 16.9 Å². The van der Waals surface area contributed by atoms with Crippen LogP contribution in [0.15, 0.2) is 0 Å². The first kappa shape index (κ1) is 14.8. The number of rotatable bonds is 5. The molecule has 2 aliphatic rings. The Morgan fingerprint density at radius 2 is 1.95 bits per heavy atom. The molecule has 0 radical (unpaired) electrons. The molecule has 2 rings (SSSR count). The number of nitrogens with two attached hydrogens (primary N) is 2. The van der Waals surface area contributed by atoms with Crippen LogP contribution < -0.4 is 11.5 Å². The van der Waals surface area contributed by atoms with Gasteiger partial charge in [-0.2, -0.15) is 0 Å². The summed E-state index contributed by atoms with van der Waals surface area (Å²) in [5.74, 6) is -1.21. The fraction of sp³-hybridized carbons (Fsp3) is 0.769. The summed E-state index contributed by atoms with van der Waals surface area (Å²) in [4.78, 5) is 36.1. The maximum absolute atomic E-state index is 12.4. The zero-order valence-corrected chi connectivity index (χ0v) is 11.4. The minimum Gasteiger partial charge on any atom is -0.393 e. The maximum Gasteiger partial charge on any atom is 0.240 e. The van der Waals surface area contributed by atoms with E-state index in [2.05, 4.69) is 0 Å². The second-order valence-electron chi connectivity index (χ2n) is 5.87. The van der Waals surface area contributed by atoms with E-state index in [0.717, 1.165) is 0 Å². The molecule has 20 heavy (non-hydrogen) atoms. The quantitative estimate of drug-likeness (QED) is 0.552. The average molecular weight is 283 g/mol. The number of likely N-dealkylation sites (tertiary alicyclic amines) is 1. The van der Waals surface area contributed by atoms with Gasteiger partial charge in [-0.1, -0.05) is 0 Å². The smallest absolute Gasteiger partial charge is 0.240 e. The molecule has 1 spiro atoms. The first-order valence-electron chi connectivity index (χ1n) is 6.92. The normalized spacial score (nSPS) is 30.9. The first-order chi connectivity index (χ1) is 9.35. The average Bonchev–Trinajstić information content (AvgIpc) is 2.39. The third-order valence-corrected chi connectivity index (χ3v) is 4.47. The van der Waals surface area contributed by atoms with Gasteiger partial charge in [-0.3, -0.25) is 14.4 Å². The zero-order valence-electron chi connectivity index (χ0n) is 11.4. The Morgan fingerprint density at radius 1 is 1.35 bits per heavy atom. The number of nitrogens with zero attached hydrogens (tertiary/aromatic N) is 1. The number of carbonyl (C=O) groups is 3. The molecule has 1 saturated carbocycles. The molecule has 0 aromatic rings. The molecule has 2 fully saturated rings. The summed E-state index contributed by atoms with van der Waals surface area (Å²) >= 11 is 0. The van der Waals surface area contributed by atoms with Gasteiger partial charge in [0.25, 0.3) is 0 Å². The maximum atomic E-state index is 12.4. The van der Waals surface area contributed by atoms with Crippen molar-refractivity contribution in [2.75, 3.05) is 6.54 Å². The highest BCUT2D eigenvalue weighted by Gasteiger charge is 2.55. The van der Waals surface area contributed by atoms with E-state index >= 15 is 0 Å². The van der Waals surface area contributed by atoms with Gasteiger partial charge < -0.3 is 21.5 Å². The lowest BCUT2D eigenvalue weighted by Crippen LogP contribution is -2.67. The fourth-order valence-corrected chi connectivity index (χ4v) is 3.19. The van der Waals surface area contributed by atoms with Crippen LogP contribution in [0.1, 0.15) is 38.5 Å². The lowest BCUT2D eigenvalue weighted by Gasteiger charge is -2.53. The predicted molar refractivity (Wildman–Crippen MR) is 70.0 cm³/mol. The zero-order chi connectivity index (χ0) is 14.9. The van der Waals surface area contributed by atoms with Gasteiger partial charge in [0.05, 0.1) is 11.5 Å². The van der Waals surface area contributed by atoms with Crippen LogP contribution in [0.25, 0.3) is 0 Å². The molecule has 0 bridgehead atoms. The molecule has 0 aromatic carbocycles. The summed E-state index contributed by atoms with van der Waals surface area (Å²) < 4.78 is 0. The number of amides is 3. The molecule has 1 aliphatic carbocycles. The molecule has 1 aliphatic heterocycles. The highest BCUT2D eigenvalue weighted by molar-refractivity contribution is 5.94. The molecule has 112 valence electrons. The standard InChI is InChI=1S/C13H21N3O4/c14-10(18)2-1-9(11(15)19)16-7-13(12(16)20)5-3-8(17)4-6-13/h8-9,17H,1-7H2,(H2,14,18)(H2,15,19). The molecule has 1 unspecified atom stereocenters. The van der Waals surface area contributed by atoms with Gasteiger partial charge >= 0.3 is 0 Å². The predicted octanol–water partition coefficient (Wildman–Crippen LogP) is -1.13. The van der Waals surface area contributed by atoms with Crippen molar-refractivity contribution in [2.45, 2.75) is 50.7 Å². The molecule has 1 saturated heterocycles. The monoisotopic (exact) mass is 283 g/mol. The highest BCUT2D eigenvalue weighted by Crippen LogP contribution is 2.46. The SMILES string of the molecule is NC(=O)CCC(C(N)=O)N1CC2(CCC(O)CC2)C1=O. The molecule has 7 nitrogen and oxygen atoms in total. The van der Waals surface area contributed by atoms with E-state index in [9.17, 15) is 19.5 Å². The second-order valence-corrected chi connectivity index (χ2v) is 5.87. The third kappa shape index (κ3) is 2.63. The minimum absolute atomic E-state index is 0.0309. The van der Waals surface area contributed by atoms with E-state index in [1.807, 2.05) is 0 Å². The van der Waals surface area contributed by atoms with Gasteiger partial charge in [-0.25, -0.2) is 0 Å². The van der Waals surface area contributed by atoms with Crippen LogP contribution in [-0.4, -0.2) is 46.4 Å². The van der Waals surface area contributed by atoms with Crippen molar-refractivity contribution in [3.63, 3.8) is 0 Å². The molecule has 1 atom stereocenters. The number of β-lactam (4-membered cyclic amide) rings is 1. The highest BCUT2D eigenvalue weighted by atomic mass is 16.3. The van der Waals surface area contributed by atoms with E-state index in [4.69, 9.17) is 11.5 Å². The van der Waals surface area contributed by atoms with Gasteiger partial charge in [0.1, 0.15) is 6.04 Å². The lowest BCUT2D eigenvalue weighted by atomic mass is 9.66. The Bertz CT molecular complexity index is 429. The minimum atomic E-state index is -0.757. The molecule has 0 aromatic heterocycles. The van der Waals surface area contributed by atoms with Crippen molar-refractivity contribution >= 4 is 17.7 Å². The van der Waals surface area contributed by atoms with E-state index < -0.39 is 23.3 Å². The van der Waals surface area contributed by atoms with Crippen LogP contribution in [0, 0.1) is 5.41 Å². The van der Waals surface area contributed by atoms with Crippen molar-refractivity contribution in [3.8, 4) is 0 Å². The van der Waals surface area contributed by atoms with Crippen molar-refractivity contribution < 1.29 is 19.5 Å². The van der Waals surface area contributed by atoms with E-state index in [1.54, 1.807) is 0 Å². The van der Waals surface area contributed by atoms with Crippen LogP contribution in [0.2, 0.25) is 0 Å². The Labute approximate surface area is 117 Å². The third-order valence-electron chi connectivity index (χ3n) is 4.47. The topological polar surface area (TPSA) is 127 Å². The Balaban J connectivity index is 1.98. The Hall–Kier alpha value is -1.63. The van der Waals surface area contributed by atoms with Gasteiger partial charge in [0.2, 0.25) is 17.7 Å². The first-order valence-corrected chi connectivity index (χ1v) is 6.92. The summed E-state index contributed by atoms with van der Waals surface area (Å²) in [5, 5.41) is 9.51. The van der Waals surface area contributed by atoms with Crippen LogP contribution in [0.5, 0.6) is 0 Å². The van der Waals surface area contributed by atoms with E-state index in [-0.39, 0.29) is 24.9 Å². The molecule has 3 amide bonds. The largest absolute Gasteiger partial charge is 0.393 e. The summed E-state index contributed by atoms with van der Waals surface area (Å²) in [6.07, 6.45) is 2.39. The molecular weight excluding hydrogens is 262 g/mol. The van der Waals surface area contributed by atoms with Gasteiger partial charge in [-0.15, -0.1) is 0 Å². The number of carbonyl (C=O) groups excluding carboxylic acids is 3. The van der Waals surface area contributed by atoms with Crippen LogP contribution in [-0.2, 0) is 14.4 Å². The summed E-state index contributed by atoms with van der Waals surface area (Å²) in [5.41, 5.74) is 9.94. The van der Waals surface area contributed by atoms with Crippen molar-refractivity contribution in [1.82, 2.24) is 4.90 Å². The van der Waals surface area contributed by atoms with Gasteiger partial charge in [-0.05, 0) is 32.1 Å². The van der Waals surface area contributed by atoms with E-state index in [1.165, 1.54) is 4.90 Å². The van der Waals surface area contributed by atoms with Crippen LogP contribution in [0.3, 0.4) is 0 Å². The Kier molecular flexibility index (Phi) is 3.99. The van der Waals surface area contributed by atoms with Crippen molar-refractivity contribution in [3.05, 3.63) is 0 Å². The number of hydrogen-bond donors (Lipinski definition) is 3. The fourth-order valence-electron chi connectivity index (χ4n) is 3.19. The number of aliphatic hydroxyl groups excluding tert-OH is 1. The Morgan fingerprint density at radius 3 is 2.40 bits per heavy atom. The molecule has 7 heteroatoms. The number of primary amides is 2. The second kappa shape index (κ2) is 5.40. The molecular formula is C13H21N3O4. The van der Waals surface area contributed by atoms with Crippen LogP contribution in [0.4, 0.5) is 0 Å². The molecule has 5 N–H and O–H groups in total. The number of aliphatic hydroxyl groups is 1. The summed E-state index contributed by atoms with van der Waals surface area (Å²) in [6.45, 7) is 0.477. The molecule has 1 heterocycles. The van der Waals surface area contributed by atoms with E-state index in [0.29, 0.717) is 32.2 Å². The van der Waals surface area contributed by atoms with Gasteiger partial charge in [0.15, 0.2) is 0 Å². The number of hydrogen-bond acceptors (Lipinski definition) is 4. The van der Waals surface area contributed by atoms with Gasteiger partial charge in [0, 0.05) is 13.0 Å². The van der Waals surface area contributed by atoms with Crippen LogP contribution >= 0.6 is 0 Å². The van der Waals surface area contributed by atoms with Crippen molar-refractivity contribution in [1.29, 1.82) is 0 Å².